The molecule has 286 valence electrons. The smallest absolute Gasteiger partial charge is 0.309 e. The Labute approximate surface area is 309 Å². The van der Waals surface area contributed by atoms with Crippen LogP contribution < -0.4 is 5.32 Å². The molecule has 6 aliphatic rings. The lowest BCUT2D eigenvalue weighted by molar-refractivity contribution is -0.250. The maximum atomic E-state index is 13.9. The number of rotatable bonds is 9. The number of nitrogens with one attached hydrogen (secondary N) is 1. The van der Waals surface area contributed by atoms with E-state index in [1.807, 2.05) is 0 Å². The van der Waals surface area contributed by atoms with Crippen molar-refractivity contribution in [1.29, 1.82) is 0 Å². The fourth-order valence-electron chi connectivity index (χ4n) is 14.2. The average Bonchev–Trinajstić information content (AvgIpc) is 3.64. The van der Waals surface area contributed by atoms with Gasteiger partial charge in [-0.15, -0.1) is 0 Å². The summed E-state index contributed by atoms with van der Waals surface area (Å²) >= 11 is 0. The van der Waals surface area contributed by atoms with Crippen molar-refractivity contribution in [2.75, 3.05) is 13.1 Å². The number of amides is 1. The molecule has 0 bridgehead atoms. The van der Waals surface area contributed by atoms with Crippen molar-refractivity contribution in [2.24, 2.45) is 62.1 Å². The predicted octanol–water partition coefficient (Wildman–Crippen LogP) is 9.17. The standard InChI is InChI=1S/C44H70N2O5/c1-27(2)30-14-20-44(24-35(47)45-29-17-23-46(26-29)28(3)4)22-21-42(10)31(37(30)44)12-13-33-41(9)18-16-34(51-36(48)25-39(5,6)38(49)50)40(7,8)32(41)15-19-43(33,42)11/h29-34,37H,1,3,12-26H2,2,4-11H3,(H,45,47)(H,49,50)/t29-,30-,31+,32-,33+,34-,37+,41-,42+,43+,44+/m0/s1. The van der Waals surface area contributed by atoms with Crippen LogP contribution in [0.5, 0.6) is 0 Å². The minimum atomic E-state index is -1.14. The molecule has 7 heteroatoms. The number of carbonyl (C=O) groups excluding carboxylic acids is 2. The van der Waals surface area contributed by atoms with Gasteiger partial charge in [0.1, 0.15) is 6.10 Å². The molecule has 1 saturated heterocycles. The van der Waals surface area contributed by atoms with E-state index in [1.165, 1.54) is 31.3 Å². The largest absolute Gasteiger partial charge is 0.481 e. The topological polar surface area (TPSA) is 95.9 Å². The predicted molar refractivity (Wildman–Crippen MR) is 202 cm³/mol. The van der Waals surface area contributed by atoms with Gasteiger partial charge in [0.2, 0.25) is 5.91 Å². The van der Waals surface area contributed by atoms with Crippen LogP contribution >= 0.6 is 0 Å². The van der Waals surface area contributed by atoms with Crippen molar-refractivity contribution >= 4 is 17.8 Å². The van der Waals surface area contributed by atoms with Crippen LogP contribution in [0.2, 0.25) is 0 Å². The third-order valence-corrected chi connectivity index (χ3v) is 17.2. The third kappa shape index (κ3) is 6.11. The third-order valence-electron chi connectivity index (χ3n) is 17.2. The second kappa shape index (κ2) is 12.9. The van der Waals surface area contributed by atoms with Gasteiger partial charge in [0.05, 0.1) is 11.8 Å². The first-order valence-electron chi connectivity index (χ1n) is 20.4. The molecule has 0 aromatic rings. The second-order valence-electron chi connectivity index (χ2n) is 20.7. The molecule has 0 radical (unpaired) electrons. The lowest BCUT2D eigenvalue weighted by atomic mass is 9.32. The van der Waals surface area contributed by atoms with E-state index in [9.17, 15) is 19.5 Å². The summed E-state index contributed by atoms with van der Waals surface area (Å²) in [5.41, 5.74) is 1.64. The Morgan fingerprint density at radius 1 is 0.863 bits per heavy atom. The highest BCUT2D eigenvalue weighted by Crippen LogP contribution is 2.78. The number of esters is 1. The van der Waals surface area contributed by atoms with E-state index >= 15 is 0 Å². The number of likely N-dealkylation sites (tertiary alicyclic amines) is 1. The van der Waals surface area contributed by atoms with E-state index in [4.69, 9.17) is 4.74 Å². The number of ether oxygens (including phenoxy) is 1. The van der Waals surface area contributed by atoms with Gasteiger partial charge in [0.25, 0.3) is 0 Å². The van der Waals surface area contributed by atoms with Gasteiger partial charge in [-0.2, -0.15) is 0 Å². The molecular formula is C44H70N2O5. The Bertz CT molecular complexity index is 1450. The molecule has 51 heavy (non-hydrogen) atoms. The summed E-state index contributed by atoms with van der Waals surface area (Å²) in [6.07, 6.45) is 12.5. The highest BCUT2D eigenvalue weighted by atomic mass is 16.5. The van der Waals surface area contributed by atoms with E-state index < -0.39 is 17.4 Å². The zero-order valence-electron chi connectivity index (χ0n) is 33.6. The lowest BCUT2D eigenvalue weighted by Crippen LogP contribution is -2.67. The molecule has 2 N–H and O–H groups in total. The van der Waals surface area contributed by atoms with Crippen LogP contribution in [-0.4, -0.2) is 53.1 Å². The normalized spacial score (nSPS) is 42.8. The van der Waals surface area contributed by atoms with E-state index in [1.54, 1.807) is 13.8 Å². The van der Waals surface area contributed by atoms with Crippen molar-refractivity contribution < 1.29 is 24.2 Å². The van der Waals surface area contributed by atoms with Gasteiger partial charge >= 0.3 is 11.9 Å². The molecule has 0 spiro atoms. The van der Waals surface area contributed by atoms with Crippen molar-refractivity contribution in [3.05, 3.63) is 24.4 Å². The average molecular weight is 707 g/mol. The molecule has 6 rings (SSSR count). The highest BCUT2D eigenvalue weighted by Gasteiger charge is 2.71. The van der Waals surface area contributed by atoms with Gasteiger partial charge in [-0.25, -0.2) is 0 Å². The van der Waals surface area contributed by atoms with Crippen LogP contribution in [-0.2, 0) is 19.1 Å². The number of carboxylic acid groups (broad SMARTS) is 1. The Morgan fingerprint density at radius 2 is 1.57 bits per heavy atom. The summed E-state index contributed by atoms with van der Waals surface area (Å²) in [6.45, 7) is 30.5. The molecule has 5 saturated carbocycles. The van der Waals surface area contributed by atoms with Crippen LogP contribution in [0.15, 0.2) is 24.4 Å². The zero-order valence-corrected chi connectivity index (χ0v) is 33.6. The number of fused-ring (bicyclic) bond motifs is 7. The quantitative estimate of drug-likeness (QED) is 0.183. The molecule has 7 nitrogen and oxygen atoms in total. The van der Waals surface area contributed by atoms with Crippen molar-refractivity contribution in [3.8, 4) is 0 Å². The SMILES string of the molecule is C=C(C)[C@@H]1CC[C@]2(CC(=O)N[C@H]3CCN(C(=C)C)C3)CC[C@]3(C)[C@H](CC[C@@H]4[C@@]5(C)CC[C@H](OC(=O)CC(C)(C)C(=O)O)C(C)(C)[C@@H]5CC[C@]43C)[C@@H]12. The van der Waals surface area contributed by atoms with Gasteiger partial charge < -0.3 is 20.1 Å². The summed E-state index contributed by atoms with van der Waals surface area (Å²) in [5.74, 6) is 1.47. The first-order chi connectivity index (χ1) is 23.6. The molecule has 1 heterocycles. The Morgan fingerprint density at radius 3 is 2.20 bits per heavy atom. The lowest BCUT2D eigenvalue weighted by Gasteiger charge is -2.73. The summed E-state index contributed by atoms with van der Waals surface area (Å²) in [7, 11) is 0. The molecule has 1 aliphatic heterocycles. The van der Waals surface area contributed by atoms with Crippen molar-refractivity contribution in [1.82, 2.24) is 10.2 Å². The van der Waals surface area contributed by atoms with E-state index in [0.29, 0.717) is 36.0 Å². The molecule has 0 unspecified atom stereocenters. The first-order valence-corrected chi connectivity index (χ1v) is 20.4. The molecule has 0 aromatic heterocycles. The van der Waals surface area contributed by atoms with Gasteiger partial charge in [0.15, 0.2) is 0 Å². The minimum Gasteiger partial charge on any atom is -0.481 e. The van der Waals surface area contributed by atoms with E-state index in [-0.39, 0.29) is 51.5 Å². The van der Waals surface area contributed by atoms with Crippen LogP contribution in [0.4, 0.5) is 0 Å². The number of hydrogen-bond acceptors (Lipinski definition) is 5. The highest BCUT2D eigenvalue weighted by molar-refractivity contribution is 5.81. The molecule has 6 fully saturated rings. The first kappa shape index (κ1) is 38.4. The van der Waals surface area contributed by atoms with E-state index in [0.717, 1.165) is 63.7 Å². The number of nitrogens with zero attached hydrogens (tertiary/aromatic N) is 1. The number of allylic oxidation sites excluding steroid dienone is 2. The molecule has 1 amide bonds. The number of carboxylic acids is 1. The zero-order chi connectivity index (χ0) is 37.5. The van der Waals surface area contributed by atoms with Gasteiger partial charge in [-0.1, -0.05) is 53.3 Å². The Kier molecular flexibility index (Phi) is 9.73. The van der Waals surface area contributed by atoms with Gasteiger partial charge in [-0.3, -0.25) is 14.4 Å². The second-order valence-corrected chi connectivity index (χ2v) is 20.7. The van der Waals surface area contributed by atoms with Gasteiger partial charge in [0, 0.05) is 36.7 Å². The molecular weight excluding hydrogens is 636 g/mol. The maximum absolute atomic E-state index is 13.9. The summed E-state index contributed by atoms with van der Waals surface area (Å²) in [5, 5.41) is 13.1. The summed E-state index contributed by atoms with van der Waals surface area (Å²) in [4.78, 5) is 41.0. The van der Waals surface area contributed by atoms with Crippen LogP contribution in [0.25, 0.3) is 0 Å². The molecule has 5 aliphatic carbocycles. The maximum Gasteiger partial charge on any atom is 0.309 e. The Balaban J connectivity index is 1.22. The number of carbonyl (C=O) groups is 3. The summed E-state index contributed by atoms with van der Waals surface area (Å²) in [6, 6.07) is 0.209. The number of hydrogen-bond donors (Lipinski definition) is 2. The Hall–Kier alpha value is -2.31. The fourth-order valence-corrected chi connectivity index (χ4v) is 14.2. The van der Waals surface area contributed by atoms with Crippen molar-refractivity contribution in [3.63, 3.8) is 0 Å². The molecule has 11 atom stereocenters. The van der Waals surface area contributed by atoms with Gasteiger partial charge in [-0.05, 0) is 150 Å². The van der Waals surface area contributed by atoms with Crippen LogP contribution in [0.1, 0.15) is 146 Å². The fraction of sp³-hybridized carbons (Fsp3) is 0.841. The van der Waals surface area contributed by atoms with Crippen LogP contribution in [0, 0.1) is 62.1 Å². The van der Waals surface area contributed by atoms with Crippen molar-refractivity contribution in [2.45, 2.75) is 158 Å². The van der Waals surface area contributed by atoms with Crippen LogP contribution in [0.3, 0.4) is 0 Å². The number of aliphatic carboxylic acids is 1. The monoisotopic (exact) mass is 707 g/mol. The summed E-state index contributed by atoms with van der Waals surface area (Å²) < 4.78 is 6.19. The van der Waals surface area contributed by atoms with E-state index in [2.05, 4.69) is 71.8 Å². The minimum absolute atomic E-state index is 0.0496. The molecule has 0 aromatic carbocycles.